The Hall–Kier alpha value is -2.34. The standard InChI is InChI=1S/C17H22N4O2/c1-12-15(11-20(2)19-12)17(22)21-9-8-18-10-16(21)13-4-6-14(23-3)7-5-13/h4-7,11,16,18H,8-10H2,1-3H3/t16-/m1/s1. The second kappa shape index (κ2) is 6.42. The van der Waals surface area contributed by atoms with Crippen molar-refractivity contribution in [3.63, 3.8) is 0 Å². The lowest BCUT2D eigenvalue weighted by molar-refractivity contribution is 0.0633. The summed E-state index contributed by atoms with van der Waals surface area (Å²) in [5.74, 6) is 0.858. The normalized spacial score (nSPS) is 18.0. The third kappa shape index (κ3) is 3.07. The van der Waals surface area contributed by atoms with E-state index in [4.69, 9.17) is 4.74 Å². The highest BCUT2D eigenvalue weighted by atomic mass is 16.5. The molecule has 0 unspecified atom stereocenters. The molecular formula is C17H22N4O2. The molecule has 0 radical (unpaired) electrons. The van der Waals surface area contributed by atoms with Crippen LogP contribution in [0.25, 0.3) is 0 Å². The molecule has 23 heavy (non-hydrogen) atoms. The van der Waals surface area contributed by atoms with Gasteiger partial charge in [-0.1, -0.05) is 12.1 Å². The van der Waals surface area contributed by atoms with Gasteiger partial charge in [-0.05, 0) is 24.6 Å². The van der Waals surface area contributed by atoms with Crippen molar-refractivity contribution in [1.29, 1.82) is 0 Å². The fourth-order valence-corrected chi connectivity index (χ4v) is 3.04. The predicted molar refractivity (Wildman–Crippen MR) is 87.6 cm³/mol. The molecule has 0 spiro atoms. The number of hydrogen-bond donors (Lipinski definition) is 1. The van der Waals surface area contributed by atoms with Gasteiger partial charge in [0.1, 0.15) is 5.75 Å². The van der Waals surface area contributed by atoms with E-state index < -0.39 is 0 Å². The summed E-state index contributed by atoms with van der Waals surface area (Å²) in [6, 6.07) is 7.92. The first-order valence-corrected chi connectivity index (χ1v) is 7.76. The number of aryl methyl sites for hydroxylation is 2. The lowest BCUT2D eigenvalue weighted by Gasteiger charge is -2.36. The minimum Gasteiger partial charge on any atom is -0.497 e. The number of methoxy groups -OCH3 is 1. The molecule has 2 heterocycles. The highest BCUT2D eigenvalue weighted by molar-refractivity contribution is 5.95. The third-order valence-corrected chi connectivity index (χ3v) is 4.25. The van der Waals surface area contributed by atoms with Crippen LogP contribution in [0.1, 0.15) is 27.7 Å². The Morgan fingerprint density at radius 3 is 2.70 bits per heavy atom. The molecule has 1 aliphatic rings. The summed E-state index contributed by atoms with van der Waals surface area (Å²) in [7, 11) is 3.49. The first-order chi connectivity index (χ1) is 11.1. The van der Waals surface area contributed by atoms with E-state index in [1.54, 1.807) is 18.0 Å². The Kier molecular flexibility index (Phi) is 4.34. The second-order valence-corrected chi connectivity index (χ2v) is 5.79. The number of nitrogens with one attached hydrogen (secondary N) is 1. The van der Waals surface area contributed by atoms with Gasteiger partial charge in [0.15, 0.2) is 0 Å². The number of hydrogen-bond acceptors (Lipinski definition) is 4. The fourth-order valence-electron chi connectivity index (χ4n) is 3.04. The van der Waals surface area contributed by atoms with Gasteiger partial charge in [-0.25, -0.2) is 0 Å². The smallest absolute Gasteiger partial charge is 0.257 e. The molecule has 2 aromatic rings. The van der Waals surface area contributed by atoms with Gasteiger partial charge in [-0.3, -0.25) is 9.48 Å². The number of benzene rings is 1. The molecule has 0 aliphatic carbocycles. The monoisotopic (exact) mass is 314 g/mol. The highest BCUT2D eigenvalue weighted by Crippen LogP contribution is 2.26. The van der Waals surface area contributed by atoms with Crippen molar-refractivity contribution in [2.24, 2.45) is 7.05 Å². The van der Waals surface area contributed by atoms with Crippen molar-refractivity contribution in [3.05, 3.63) is 47.3 Å². The molecule has 1 aromatic heterocycles. The van der Waals surface area contributed by atoms with Crippen molar-refractivity contribution in [2.75, 3.05) is 26.7 Å². The zero-order valence-electron chi connectivity index (χ0n) is 13.7. The number of rotatable bonds is 3. The zero-order chi connectivity index (χ0) is 16.4. The Bertz CT molecular complexity index is 693. The first-order valence-electron chi connectivity index (χ1n) is 7.76. The maximum absolute atomic E-state index is 13.0. The summed E-state index contributed by atoms with van der Waals surface area (Å²) >= 11 is 0. The minimum atomic E-state index is 0.0155. The van der Waals surface area contributed by atoms with Crippen LogP contribution >= 0.6 is 0 Å². The van der Waals surface area contributed by atoms with Crippen LogP contribution in [0, 0.1) is 6.92 Å². The molecule has 1 atom stereocenters. The molecule has 0 bridgehead atoms. The Labute approximate surface area is 136 Å². The Morgan fingerprint density at radius 1 is 1.35 bits per heavy atom. The summed E-state index contributed by atoms with van der Waals surface area (Å²) in [6.07, 6.45) is 1.80. The van der Waals surface area contributed by atoms with Gasteiger partial charge in [-0.2, -0.15) is 5.10 Å². The van der Waals surface area contributed by atoms with E-state index in [9.17, 15) is 4.79 Å². The molecular weight excluding hydrogens is 292 g/mol. The Balaban J connectivity index is 1.88. The number of amides is 1. The summed E-state index contributed by atoms with van der Waals surface area (Å²) in [5.41, 5.74) is 2.55. The summed E-state index contributed by atoms with van der Waals surface area (Å²) in [5, 5.41) is 7.66. The van der Waals surface area contributed by atoms with Gasteiger partial charge in [0.2, 0.25) is 0 Å². The van der Waals surface area contributed by atoms with E-state index in [2.05, 4.69) is 10.4 Å². The van der Waals surface area contributed by atoms with Crippen LogP contribution in [-0.2, 0) is 7.05 Å². The molecule has 0 saturated carbocycles. The second-order valence-electron chi connectivity index (χ2n) is 5.79. The van der Waals surface area contributed by atoms with Gasteiger partial charge < -0.3 is 15.0 Å². The molecule has 6 nitrogen and oxygen atoms in total. The molecule has 1 aliphatic heterocycles. The summed E-state index contributed by atoms with van der Waals surface area (Å²) in [4.78, 5) is 14.9. The first kappa shape index (κ1) is 15.6. The summed E-state index contributed by atoms with van der Waals surface area (Å²) in [6.45, 7) is 4.11. The van der Waals surface area contributed by atoms with Crippen molar-refractivity contribution < 1.29 is 9.53 Å². The molecule has 1 aromatic carbocycles. The van der Waals surface area contributed by atoms with Crippen LogP contribution < -0.4 is 10.1 Å². The highest BCUT2D eigenvalue weighted by Gasteiger charge is 2.30. The molecule has 3 rings (SSSR count). The number of nitrogens with zero attached hydrogens (tertiary/aromatic N) is 3. The topological polar surface area (TPSA) is 59.4 Å². The van der Waals surface area contributed by atoms with Crippen LogP contribution in [0.4, 0.5) is 0 Å². The zero-order valence-corrected chi connectivity index (χ0v) is 13.7. The molecule has 122 valence electrons. The largest absolute Gasteiger partial charge is 0.497 e. The van der Waals surface area contributed by atoms with Gasteiger partial charge in [-0.15, -0.1) is 0 Å². The Morgan fingerprint density at radius 2 is 2.09 bits per heavy atom. The van der Waals surface area contributed by atoms with E-state index in [1.165, 1.54) is 0 Å². The predicted octanol–water partition coefficient (Wildman–Crippen LogP) is 1.52. The third-order valence-electron chi connectivity index (χ3n) is 4.25. The van der Waals surface area contributed by atoms with Crippen LogP contribution in [0.5, 0.6) is 5.75 Å². The van der Waals surface area contributed by atoms with Crippen molar-refractivity contribution in [1.82, 2.24) is 20.0 Å². The van der Waals surface area contributed by atoms with Gasteiger partial charge in [0.05, 0.1) is 24.4 Å². The van der Waals surface area contributed by atoms with E-state index in [0.717, 1.165) is 30.1 Å². The van der Waals surface area contributed by atoms with Crippen molar-refractivity contribution in [3.8, 4) is 5.75 Å². The number of aromatic nitrogens is 2. The maximum Gasteiger partial charge on any atom is 0.257 e. The van der Waals surface area contributed by atoms with E-state index in [-0.39, 0.29) is 11.9 Å². The fraction of sp³-hybridized carbons (Fsp3) is 0.412. The van der Waals surface area contributed by atoms with Crippen LogP contribution in [0.2, 0.25) is 0 Å². The van der Waals surface area contributed by atoms with Gasteiger partial charge in [0.25, 0.3) is 5.91 Å². The average Bonchev–Trinajstić information content (AvgIpc) is 2.92. The minimum absolute atomic E-state index is 0.0155. The maximum atomic E-state index is 13.0. The molecule has 1 amide bonds. The molecule has 1 N–H and O–H groups in total. The lowest BCUT2D eigenvalue weighted by atomic mass is 10.0. The molecule has 1 saturated heterocycles. The molecule has 6 heteroatoms. The SMILES string of the molecule is COc1ccc([C@H]2CNCCN2C(=O)c2cn(C)nc2C)cc1. The van der Waals surface area contributed by atoms with Crippen LogP contribution in [0.3, 0.4) is 0 Å². The van der Waals surface area contributed by atoms with E-state index >= 15 is 0 Å². The van der Waals surface area contributed by atoms with Gasteiger partial charge >= 0.3 is 0 Å². The molecule has 1 fully saturated rings. The van der Waals surface area contributed by atoms with E-state index in [0.29, 0.717) is 12.1 Å². The number of carbonyl (C=O) groups is 1. The lowest BCUT2D eigenvalue weighted by Crippen LogP contribution is -2.48. The van der Waals surface area contributed by atoms with Crippen LogP contribution in [0.15, 0.2) is 30.5 Å². The van der Waals surface area contributed by atoms with Crippen LogP contribution in [-0.4, -0.2) is 47.3 Å². The number of ether oxygens (including phenoxy) is 1. The quantitative estimate of drug-likeness (QED) is 0.933. The van der Waals surface area contributed by atoms with Crippen molar-refractivity contribution in [2.45, 2.75) is 13.0 Å². The average molecular weight is 314 g/mol. The van der Waals surface area contributed by atoms with Crippen molar-refractivity contribution >= 4 is 5.91 Å². The number of piperazine rings is 1. The van der Waals surface area contributed by atoms with Gasteiger partial charge in [0, 0.05) is 32.9 Å². The summed E-state index contributed by atoms with van der Waals surface area (Å²) < 4.78 is 6.90. The van der Waals surface area contributed by atoms with E-state index in [1.807, 2.05) is 43.1 Å². The number of carbonyl (C=O) groups excluding carboxylic acids is 1.